The molecule has 0 saturated carbocycles. The standard InChI is InChI=1S/C6H16N2O3S/c7-5-3-1-2-4-6(8)12(9,10)11/h6H,1-5,7-8H2,(H,9,10,11). The fourth-order valence-electron chi connectivity index (χ4n) is 0.816. The minimum absolute atomic E-state index is 0.291. The molecule has 74 valence electrons. The van der Waals surface area contributed by atoms with Crippen molar-refractivity contribution in [3.63, 3.8) is 0 Å². The predicted molar refractivity (Wildman–Crippen MR) is 47.0 cm³/mol. The van der Waals surface area contributed by atoms with Gasteiger partial charge in [-0.2, -0.15) is 8.42 Å². The maximum Gasteiger partial charge on any atom is 0.280 e. The Morgan fingerprint density at radius 2 is 1.83 bits per heavy atom. The molecule has 0 aliphatic heterocycles. The summed E-state index contributed by atoms with van der Waals surface area (Å²) in [7, 11) is -4.04. The molecule has 5 nitrogen and oxygen atoms in total. The lowest BCUT2D eigenvalue weighted by Crippen LogP contribution is -2.29. The predicted octanol–water partition coefficient (Wildman–Crippen LogP) is -0.322. The second kappa shape index (κ2) is 5.47. The molecule has 0 aliphatic carbocycles. The molecule has 1 unspecified atom stereocenters. The van der Waals surface area contributed by atoms with Crippen molar-refractivity contribution in [2.45, 2.75) is 31.1 Å². The molecule has 0 aromatic heterocycles. The average Bonchev–Trinajstić information content (AvgIpc) is 1.96. The van der Waals surface area contributed by atoms with Gasteiger partial charge in [0.2, 0.25) is 0 Å². The topological polar surface area (TPSA) is 106 Å². The number of unbranched alkanes of at least 4 members (excludes halogenated alkanes) is 2. The van der Waals surface area contributed by atoms with Crippen LogP contribution in [0.4, 0.5) is 0 Å². The molecule has 1 atom stereocenters. The van der Waals surface area contributed by atoms with Crippen molar-refractivity contribution in [3.05, 3.63) is 0 Å². The summed E-state index contributed by atoms with van der Waals surface area (Å²) in [6, 6.07) is 0. The van der Waals surface area contributed by atoms with Gasteiger partial charge in [0.25, 0.3) is 10.1 Å². The van der Waals surface area contributed by atoms with E-state index in [9.17, 15) is 8.42 Å². The zero-order valence-electron chi connectivity index (χ0n) is 6.94. The first-order chi connectivity index (χ1) is 5.48. The van der Waals surface area contributed by atoms with Gasteiger partial charge in [-0.15, -0.1) is 0 Å². The SMILES string of the molecule is NCCCCCC(N)S(=O)(=O)O. The highest BCUT2D eigenvalue weighted by atomic mass is 32.2. The van der Waals surface area contributed by atoms with Crippen LogP contribution in [-0.2, 0) is 10.1 Å². The van der Waals surface area contributed by atoms with Crippen LogP contribution in [-0.4, -0.2) is 24.9 Å². The molecule has 0 bridgehead atoms. The fraction of sp³-hybridized carbons (Fsp3) is 1.00. The summed E-state index contributed by atoms with van der Waals surface area (Å²) in [5.41, 5.74) is 10.4. The van der Waals surface area contributed by atoms with Crippen molar-refractivity contribution < 1.29 is 13.0 Å². The highest BCUT2D eigenvalue weighted by Gasteiger charge is 2.16. The third kappa shape index (κ3) is 5.48. The van der Waals surface area contributed by atoms with Crippen LogP contribution >= 0.6 is 0 Å². The highest BCUT2D eigenvalue weighted by Crippen LogP contribution is 2.04. The van der Waals surface area contributed by atoms with Crippen LogP contribution in [0.2, 0.25) is 0 Å². The van der Waals surface area contributed by atoms with Gasteiger partial charge in [0, 0.05) is 0 Å². The Morgan fingerprint density at radius 1 is 1.25 bits per heavy atom. The van der Waals surface area contributed by atoms with Crippen LogP contribution < -0.4 is 11.5 Å². The van der Waals surface area contributed by atoms with Gasteiger partial charge in [0.15, 0.2) is 0 Å². The van der Waals surface area contributed by atoms with Crippen molar-refractivity contribution in [3.8, 4) is 0 Å². The van der Waals surface area contributed by atoms with Crippen LogP contribution in [0.3, 0.4) is 0 Å². The molecule has 0 radical (unpaired) electrons. The Balaban J connectivity index is 3.52. The van der Waals surface area contributed by atoms with E-state index in [4.69, 9.17) is 16.0 Å². The first kappa shape index (κ1) is 11.8. The van der Waals surface area contributed by atoms with Crippen LogP contribution in [0.5, 0.6) is 0 Å². The minimum Gasteiger partial charge on any atom is -0.330 e. The lowest BCUT2D eigenvalue weighted by atomic mass is 10.2. The van der Waals surface area contributed by atoms with E-state index in [1.54, 1.807) is 0 Å². The maximum atomic E-state index is 10.4. The summed E-state index contributed by atoms with van der Waals surface area (Å²) in [5.74, 6) is 0. The van der Waals surface area contributed by atoms with Crippen molar-refractivity contribution >= 4 is 10.1 Å². The second-order valence-electron chi connectivity index (χ2n) is 2.69. The number of hydrogen-bond donors (Lipinski definition) is 3. The first-order valence-electron chi connectivity index (χ1n) is 3.90. The molecule has 0 amide bonds. The van der Waals surface area contributed by atoms with Crippen molar-refractivity contribution in [1.82, 2.24) is 0 Å². The molecule has 6 heteroatoms. The molecule has 0 aromatic carbocycles. The van der Waals surface area contributed by atoms with Gasteiger partial charge >= 0.3 is 0 Å². The number of hydrogen-bond acceptors (Lipinski definition) is 4. The monoisotopic (exact) mass is 196 g/mol. The molecule has 0 heterocycles. The number of nitrogens with two attached hydrogens (primary N) is 2. The van der Waals surface area contributed by atoms with Gasteiger partial charge in [0.1, 0.15) is 5.37 Å². The highest BCUT2D eigenvalue weighted by molar-refractivity contribution is 7.86. The van der Waals surface area contributed by atoms with E-state index >= 15 is 0 Å². The normalized spacial score (nSPS) is 14.6. The molecule has 0 rings (SSSR count). The Kier molecular flexibility index (Phi) is 5.39. The zero-order chi connectivity index (χ0) is 9.61. The molecule has 5 N–H and O–H groups in total. The molecule has 12 heavy (non-hydrogen) atoms. The summed E-state index contributed by atoms with van der Waals surface area (Å²) in [6.45, 7) is 0.598. The summed E-state index contributed by atoms with van der Waals surface area (Å²) >= 11 is 0. The quantitative estimate of drug-likeness (QED) is 0.398. The number of rotatable bonds is 6. The van der Waals surface area contributed by atoms with E-state index in [-0.39, 0.29) is 0 Å². The Hall–Kier alpha value is -0.170. The molecule has 0 aliphatic rings. The summed E-state index contributed by atoms with van der Waals surface area (Å²) < 4.78 is 29.3. The van der Waals surface area contributed by atoms with Crippen molar-refractivity contribution in [2.24, 2.45) is 11.5 Å². The molecular formula is C6H16N2O3S. The van der Waals surface area contributed by atoms with Gasteiger partial charge in [0.05, 0.1) is 0 Å². The van der Waals surface area contributed by atoms with E-state index in [2.05, 4.69) is 0 Å². The van der Waals surface area contributed by atoms with Crippen molar-refractivity contribution in [1.29, 1.82) is 0 Å². The summed E-state index contributed by atoms with van der Waals surface area (Å²) in [6.07, 6.45) is 2.68. The van der Waals surface area contributed by atoms with E-state index < -0.39 is 15.5 Å². The van der Waals surface area contributed by atoms with E-state index in [0.717, 1.165) is 12.8 Å². The Morgan fingerprint density at radius 3 is 2.25 bits per heavy atom. The lowest BCUT2D eigenvalue weighted by molar-refractivity contribution is 0.459. The van der Waals surface area contributed by atoms with Crippen LogP contribution in [0.25, 0.3) is 0 Å². The summed E-state index contributed by atoms with van der Waals surface area (Å²) in [5, 5.41) is -1.14. The largest absolute Gasteiger partial charge is 0.330 e. The van der Waals surface area contributed by atoms with E-state index in [1.807, 2.05) is 0 Å². The summed E-state index contributed by atoms with van der Waals surface area (Å²) in [4.78, 5) is 0. The van der Waals surface area contributed by atoms with Gasteiger partial charge < -0.3 is 11.5 Å². The average molecular weight is 196 g/mol. The zero-order valence-corrected chi connectivity index (χ0v) is 7.76. The smallest absolute Gasteiger partial charge is 0.280 e. The van der Waals surface area contributed by atoms with E-state index in [1.165, 1.54) is 0 Å². The van der Waals surface area contributed by atoms with Gasteiger partial charge in [-0.05, 0) is 19.4 Å². The van der Waals surface area contributed by atoms with Crippen molar-refractivity contribution in [2.75, 3.05) is 6.54 Å². The molecular weight excluding hydrogens is 180 g/mol. The van der Waals surface area contributed by atoms with Gasteiger partial charge in [-0.25, -0.2) is 0 Å². The molecule has 0 spiro atoms. The lowest BCUT2D eigenvalue weighted by Gasteiger charge is -2.06. The van der Waals surface area contributed by atoms with Gasteiger partial charge in [-0.3, -0.25) is 4.55 Å². The Labute approximate surface area is 72.9 Å². The second-order valence-corrected chi connectivity index (χ2v) is 4.33. The maximum absolute atomic E-state index is 10.4. The fourth-order valence-corrected chi connectivity index (χ4v) is 1.28. The molecule has 0 saturated heterocycles. The van der Waals surface area contributed by atoms with Crippen LogP contribution in [0, 0.1) is 0 Å². The van der Waals surface area contributed by atoms with E-state index in [0.29, 0.717) is 19.4 Å². The first-order valence-corrected chi connectivity index (χ1v) is 5.40. The third-order valence-corrected chi connectivity index (χ3v) is 2.58. The molecule has 0 aromatic rings. The Bertz CT molecular complexity index is 203. The minimum atomic E-state index is -4.04. The van der Waals surface area contributed by atoms with Crippen LogP contribution in [0.1, 0.15) is 25.7 Å². The molecule has 0 fully saturated rings. The van der Waals surface area contributed by atoms with Gasteiger partial charge in [-0.1, -0.05) is 12.8 Å². The van der Waals surface area contributed by atoms with Crippen LogP contribution in [0.15, 0.2) is 0 Å². The third-order valence-electron chi connectivity index (χ3n) is 1.58.